The van der Waals surface area contributed by atoms with Gasteiger partial charge >= 0.3 is 0 Å². The molecule has 34 heavy (non-hydrogen) atoms. The number of amides is 2. The highest BCUT2D eigenvalue weighted by atomic mass is 16.5. The van der Waals surface area contributed by atoms with Crippen molar-refractivity contribution in [2.75, 3.05) is 60.0 Å². The van der Waals surface area contributed by atoms with Gasteiger partial charge in [-0.15, -0.1) is 0 Å². The molecule has 2 amide bonds. The van der Waals surface area contributed by atoms with Crippen molar-refractivity contribution in [3.8, 4) is 5.75 Å². The Morgan fingerprint density at radius 3 is 2.50 bits per heavy atom. The maximum atomic E-state index is 13.0. The standard InChI is InChI=1S/C26H34N4O4/c1-27-26(33)21-16-19(25(32)28-9-6-10-30-13-11-29(2)12-14-30)15-20-23(18-7-4-3-5-8-18)22(17-31)34-24(20)21/h3-5,7-8,15-16,22-23,31H,6,9-14,17H2,1-2H3,(H,27,33)(H,28,32). The molecule has 2 atom stereocenters. The lowest BCUT2D eigenvalue weighted by molar-refractivity contribution is 0.0947. The predicted octanol–water partition coefficient (Wildman–Crippen LogP) is 1.30. The van der Waals surface area contributed by atoms with Gasteiger partial charge in [-0.25, -0.2) is 0 Å². The monoisotopic (exact) mass is 466 g/mol. The lowest BCUT2D eigenvalue weighted by atomic mass is 9.86. The van der Waals surface area contributed by atoms with Crippen LogP contribution >= 0.6 is 0 Å². The summed E-state index contributed by atoms with van der Waals surface area (Å²) in [6.45, 7) is 5.57. The van der Waals surface area contributed by atoms with Crippen LogP contribution in [-0.2, 0) is 0 Å². The Labute approximate surface area is 200 Å². The molecule has 0 spiro atoms. The minimum absolute atomic E-state index is 0.199. The summed E-state index contributed by atoms with van der Waals surface area (Å²) in [5.41, 5.74) is 2.43. The first-order valence-electron chi connectivity index (χ1n) is 11.9. The van der Waals surface area contributed by atoms with Crippen LogP contribution < -0.4 is 15.4 Å². The lowest BCUT2D eigenvalue weighted by Crippen LogP contribution is -2.45. The first-order chi connectivity index (χ1) is 16.5. The number of aliphatic hydroxyl groups is 1. The van der Waals surface area contributed by atoms with Crippen molar-refractivity contribution < 1.29 is 19.4 Å². The van der Waals surface area contributed by atoms with E-state index in [0.29, 0.717) is 23.4 Å². The number of carbonyl (C=O) groups excluding carboxylic acids is 2. The molecular weight excluding hydrogens is 432 g/mol. The van der Waals surface area contributed by atoms with Crippen molar-refractivity contribution in [3.05, 3.63) is 64.7 Å². The first kappa shape index (κ1) is 24.2. The summed E-state index contributed by atoms with van der Waals surface area (Å²) in [5, 5.41) is 15.6. The summed E-state index contributed by atoms with van der Waals surface area (Å²) >= 11 is 0. The van der Waals surface area contributed by atoms with Crippen LogP contribution in [0.5, 0.6) is 5.75 Å². The van der Waals surface area contributed by atoms with Gasteiger partial charge in [-0.05, 0) is 37.7 Å². The Bertz CT molecular complexity index is 1010. The molecule has 182 valence electrons. The Kier molecular flexibility index (Phi) is 7.82. The summed E-state index contributed by atoms with van der Waals surface area (Å²) < 4.78 is 6.03. The SMILES string of the molecule is CNC(=O)c1cc(C(=O)NCCCN2CCN(C)CC2)cc2c1OC(CO)C2c1ccccc1. The molecule has 0 aromatic heterocycles. The van der Waals surface area contributed by atoms with E-state index in [1.54, 1.807) is 19.2 Å². The summed E-state index contributed by atoms with van der Waals surface area (Å²) in [4.78, 5) is 30.4. The quantitative estimate of drug-likeness (QED) is 0.508. The van der Waals surface area contributed by atoms with Crippen LogP contribution in [-0.4, -0.2) is 92.8 Å². The molecule has 8 nitrogen and oxygen atoms in total. The van der Waals surface area contributed by atoms with Crippen LogP contribution in [0, 0.1) is 0 Å². The third-order valence-corrected chi connectivity index (χ3v) is 6.70. The molecule has 8 heteroatoms. The van der Waals surface area contributed by atoms with Gasteiger partial charge in [0.1, 0.15) is 11.9 Å². The van der Waals surface area contributed by atoms with Gasteiger partial charge in [0, 0.05) is 50.9 Å². The molecule has 0 saturated carbocycles. The normalized spacial score (nSPS) is 20.4. The van der Waals surface area contributed by atoms with Gasteiger partial charge in [-0.3, -0.25) is 9.59 Å². The van der Waals surface area contributed by atoms with E-state index in [1.165, 1.54) is 0 Å². The van der Waals surface area contributed by atoms with Gasteiger partial charge in [0.15, 0.2) is 0 Å². The number of piperazine rings is 1. The van der Waals surface area contributed by atoms with Crippen LogP contribution in [0.2, 0.25) is 0 Å². The second kappa shape index (κ2) is 11.0. The molecule has 3 N–H and O–H groups in total. The molecular formula is C26H34N4O4. The average molecular weight is 467 g/mol. The maximum absolute atomic E-state index is 13.0. The van der Waals surface area contributed by atoms with Crippen LogP contribution in [0.4, 0.5) is 0 Å². The molecule has 2 aromatic rings. The van der Waals surface area contributed by atoms with Crippen molar-refractivity contribution in [1.29, 1.82) is 0 Å². The van der Waals surface area contributed by atoms with Crippen molar-refractivity contribution in [3.63, 3.8) is 0 Å². The highest BCUT2D eigenvalue weighted by molar-refractivity contribution is 6.02. The Hall–Kier alpha value is -2.94. The first-order valence-corrected chi connectivity index (χ1v) is 11.9. The molecule has 0 bridgehead atoms. The number of benzene rings is 2. The van der Waals surface area contributed by atoms with E-state index in [9.17, 15) is 14.7 Å². The van der Waals surface area contributed by atoms with Crippen LogP contribution in [0.3, 0.4) is 0 Å². The number of aliphatic hydroxyl groups excluding tert-OH is 1. The van der Waals surface area contributed by atoms with E-state index in [4.69, 9.17) is 4.74 Å². The molecule has 2 aromatic carbocycles. The molecule has 1 fully saturated rings. The van der Waals surface area contributed by atoms with Gasteiger partial charge in [-0.1, -0.05) is 30.3 Å². The Balaban J connectivity index is 1.52. The number of fused-ring (bicyclic) bond motifs is 1. The highest BCUT2D eigenvalue weighted by Crippen LogP contribution is 2.44. The van der Waals surface area contributed by atoms with E-state index in [0.717, 1.165) is 50.3 Å². The molecule has 0 aliphatic carbocycles. The zero-order valence-electron chi connectivity index (χ0n) is 19.9. The maximum Gasteiger partial charge on any atom is 0.254 e. The molecule has 2 aliphatic heterocycles. The second-order valence-electron chi connectivity index (χ2n) is 9.00. The summed E-state index contributed by atoms with van der Waals surface area (Å²) in [6, 6.07) is 13.1. The van der Waals surface area contributed by atoms with E-state index >= 15 is 0 Å². The number of ether oxygens (including phenoxy) is 1. The van der Waals surface area contributed by atoms with Gasteiger partial charge in [-0.2, -0.15) is 0 Å². The topological polar surface area (TPSA) is 94.1 Å². The number of rotatable bonds is 8. The molecule has 4 rings (SSSR count). The summed E-state index contributed by atoms with van der Waals surface area (Å²) in [6.07, 6.45) is 0.341. The zero-order valence-corrected chi connectivity index (χ0v) is 19.9. The zero-order chi connectivity index (χ0) is 24.1. The number of hydrogen-bond donors (Lipinski definition) is 3. The highest BCUT2D eigenvalue weighted by Gasteiger charge is 2.38. The Morgan fingerprint density at radius 2 is 1.82 bits per heavy atom. The van der Waals surface area contributed by atoms with Gasteiger partial charge in [0.05, 0.1) is 18.1 Å². The fraction of sp³-hybridized carbons (Fsp3) is 0.462. The minimum Gasteiger partial charge on any atom is -0.486 e. The van der Waals surface area contributed by atoms with Crippen molar-refractivity contribution in [1.82, 2.24) is 20.4 Å². The fourth-order valence-electron chi connectivity index (χ4n) is 4.74. The van der Waals surface area contributed by atoms with Crippen molar-refractivity contribution in [2.45, 2.75) is 18.4 Å². The van der Waals surface area contributed by atoms with Gasteiger partial charge in [0.2, 0.25) is 0 Å². The van der Waals surface area contributed by atoms with Gasteiger partial charge < -0.3 is 30.3 Å². The lowest BCUT2D eigenvalue weighted by Gasteiger charge is -2.32. The molecule has 1 saturated heterocycles. The van der Waals surface area contributed by atoms with Gasteiger partial charge in [0.25, 0.3) is 11.8 Å². The predicted molar refractivity (Wildman–Crippen MR) is 131 cm³/mol. The number of likely N-dealkylation sites (N-methyl/N-ethyl adjacent to an activating group) is 1. The van der Waals surface area contributed by atoms with E-state index in [-0.39, 0.29) is 24.3 Å². The number of nitrogens with zero attached hydrogens (tertiary/aromatic N) is 2. The fourth-order valence-corrected chi connectivity index (χ4v) is 4.74. The molecule has 2 unspecified atom stereocenters. The van der Waals surface area contributed by atoms with Crippen molar-refractivity contribution >= 4 is 11.8 Å². The van der Waals surface area contributed by atoms with E-state index in [2.05, 4.69) is 27.5 Å². The number of hydrogen-bond acceptors (Lipinski definition) is 6. The summed E-state index contributed by atoms with van der Waals surface area (Å²) in [5.74, 6) is -0.384. The second-order valence-corrected chi connectivity index (χ2v) is 9.00. The van der Waals surface area contributed by atoms with Crippen LogP contribution in [0.15, 0.2) is 42.5 Å². The van der Waals surface area contributed by atoms with E-state index < -0.39 is 6.10 Å². The number of carbonyl (C=O) groups is 2. The molecule has 0 radical (unpaired) electrons. The smallest absolute Gasteiger partial charge is 0.254 e. The number of nitrogens with one attached hydrogen (secondary N) is 2. The minimum atomic E-state index is -0.525. The third kappa shape index (κ3) is 5.24. The molecule has 2 heterocycles. The van der Waals surface area contributed by atoms with Crippen LogP contribution in [0.25, 0.3) is 0 Å². The molecule has 2 aliphatic rings. The van der Waals surface area contributed by atoms with E-state index in [1.807, 2.05) is 30.3 Å². The third-order valence-electron chi connectivity index (χ3n) is 6.70. The average Bonchev–Trinajstić information content (AvgIpc) is 3.25. The van der Waals surface area contributed by atoms with Crippen molar-refractivity contribution in [2.24, 2.45) is 0 Å². The van der Waals surface area contributed by atoms with Crippen LogP contribution in [0.1, 0.15) is 44.2 Å². The Morgan fingerprint density at radius 1 is 1.09 bits per heavy atom. The largest absolute Gasteiger partial charge is 0.486 e. The summed E-state index contributed by atoms with van der Waals surface area (Å²) in [7, 11) is 3.68.